The van der Waals surface area contributed by atoms with E-state index in [0.717, 1.165) is 44.5 Å². The van der Waals surface area contributed by atoms with Crippen LogP contribution in [0.3, 0.4) is 0 Å². The molecule has 0 heterocycles. The smallest absolute Gasteiger partial charge is 0.132 e. The lowest BCUT2D eigenvalue weighted by Gasteiger charge is -2.20. The van der Waals surface area contributed by atoms with E-state index in [1.807, 2.05) is 30.3 Å². The van der Waals surface area contributed by atoms with E-state index >= 15 is 0 Å². The summed E-state index contributed by atoms with van der Waals surface area (Å²) in [5.41, 5.74) is 0. The predicted octanol–water partition coefficient (Wildman–Crippen LogP) is 3.21. The van der Waals surface area contributed by atoms with Crippen LogP contribution < -0.4 is 4.74 Å². The second kappa shape index (κ2) is 5.69. The summed E-state index contributed by atoms with van der Waals surface area (Å²) in [7, 11) is 0. The van der Waals surface area contributed by atoms with Gasteiger partial charge in [-0.05, 0) is 37.3 Å². The van der Waals surface area contributed by atoms with Gasteiger partial charge in [-0.1, -0.05) is 18.2 Å². The summed E-state index contributed by atoms with van der Waals surface area (Å²) in [5, 5.41) is 0. The van der Waals surface area contributed by atoms with Crippen LogP contribution in [-0.2, 0) is 4.79 Å². The van der Waals surface area contributed by atoms with Gasteiger partial charge >= 0.3 is 0 Å². The fourth-order valence-electron chi connectivity index (χ4n) is 2.15. The maximum atomic E-state index is 11.1. The van der Waals surface area contributed by atoms with Gasteiger partial charge in [0.15, 0.2) is 0 Å². The number of hydrogen-bond acceptors (Lipinski definition) is 2. The van der Waals surface area contributed by atoms with Gasteiger partial charge in [-0.2, -0.15) is 0 Å². The second-order valence-electron chi connectivity index (χ2n) is 4.43. The van der Waals surface area contributed by atoms with Gasteiger partial charge in [0.25, 0.3) is 0 Å². The first kappa shape index (κ1) is 11.2. The minimum Gasteiger partial charge on any atom is -0.494 e. The van der Waals surface area contributed by atoms with Crippen molar-refractivity contribution in [3.05, 3.63) is 30.3 Å². The van der Waals surface area contributed by atoms with Gasteiger partial charge in [0.2, 0.25) is 0 Å². The Kier molecular flexibility index (Phi) is 3.97. The summed E-state index contributed by atoms with van der Waals surface area (Å²) in [4.78, 5) is 11.1. The summed E-state index contributed by atoms with van der Waals surface area (Å²) in [6.45, 7) is 0.767. The number of benzene rings is 1. The molecule has 16 heavy (non-hydrogen) atoms. The molecule has 0 saturated heterocycles. The molecule has 1 aliphatic rings. The van der Waals surface area contributed by atoms with E-state index in [1.165, 1.54) is 0 Å². The molecule has 0 atom stereocenters. The normalized spacial score (nSPS) is 17.4. The molecule has 2 heteroatoms. The minimum absolute atomic E-state index is 0.431. The van der Waals surface area contributed by atoms with Crippen LogP contribution in [-0.4, -0.2) is 12.4 Å². The molecule has 0 aromatic heterocycles. The molecule has 2 nitrogen and oxygen atoms in total. The number of hydrogen-bond donors (Lipinski definition) is 0. The Morgan fingerprint density at radius 2 is 1.81 bits per heavy atom. The molecule has 0 unspecified atom stereocenters. The number of carbonyl (C=O) groups excluding carboxylic acids is 1. The first-order chi connectivity index (χ1) is 7.84. The van der Waals surface area contributed by atoms with Crippen molar-refractivity contribution in [2.75, 3.05) is 6.61 Å². The van der Waals surface area contributed by atoms with Gasteiger partial charge in [0.1, 0.15) is 11.5 Å². The third-order valence-electron chi connectivity index (χ3n) is 3.20. The lowest BCUT2D eigenvalue weighted by Crippen LogP contribution is -2.16. The van der Waals surface area contributed by atoms with Crippen LogP contribution in [0.25, 0.3) is 0 Å². The molecule has 1 fully saturated rings. The largest absolute Gasteiger partial charge is 0.494 e. The van der Waals surface area contributed by atoms with Crippen molar-refractivity contribution in [1.82, 2.24) is 0 Å². The van der Waals surface area contributed by atoms with Crippen molar-refractivity contribution in [2.45, 2.75) is 32.1 Å². The van der Waals surface area contributed by atoms with E-state index in [-0.39, 0.29) is 0 Å². The van der Waals surface area contributed by atoms with E-state index < -0.39 is 0 Å². The zero-order valence-electron chi connectivity index (χ0n) is 9.52. The Balaban J connectivity index is 1.67. The maximum Gasteiger partial charge on any atom is 0.132 e. The highest BCUT2D eigenvalue weighted by Crippen LogP contribution is 2.24. The number of para-hydroxylation sites is 1. The maximum absolute atomic E-state index is 11.1. The van der Waals surface area contributed by atoms with Crippen LogP contribution in [0.1, 0.15) is 32.1 Å². The zero-order chi connectivity index (χ0) is 11.2. The molecule has 1 aromatic carbocycles. The SMILES string of the molecule is O=C1CCC(CCOc2ccccc2)CC1. The van der Waals surface area contributed by atoms with Crippen molar-refractivity contribution in [1.29, 1.82) is 0 Å². The molecule has 0 bridgehead atoms. The average molecular weight is 218 g/mol. The first-order valence-corrected chi connectivity index (χ1v) is 6.04. The molecule has 1 aromatic rings. The van der Waals surface area contributed by atoms with Gasteiger partial charge in [-0.25, -0.2) is 0 Å². The first-order valence-electron chi connectivity index (χ1n) is 6.04. The Bertz CT molecular complexity index is 322. The van der Waals surface area contributed by atoms with E-state index in [0.29, 0.717) is 11.7 Å². The van der Waals surface area contributed by atoms with E-state index in [1.54, 1.807) is 0 Å². The summed E-state index contributed by atoms with van der Waals surface area (Å²) >= 11 is 0. The molecule has 86 valence electrons. The van der Waals surface area contributed by atoms with Gasteiger partial charge in [0, 0.05) is 12.8 Å². The molecule has 0 spiro atoms. The van der Waals surface area contributed by atoms with Gasteiger partial charge < -0.3 is 4.74 Å². The Labute approximate surface area is 96.6 Å². The van der Waals surface area contributed by atoms with Crippen LogP contribution in [0.5, 0.6) is 5.75 Å². The lowest BCUT2D eigenvalue weighted by atomic mass is 9.86. The zero-order valence-corrected chi connectivity index (χ0v) is 9.52. The highest BCUT2D eigenvalue weighted by molar-refractivity contribution is 5.78. The Hall–Kier alpha value is -1.31. The van der Waals surface area contributed by atoms with Crippen molar-refractivity contribution in [2.24, 2.45) is 5.92 Å². The molecule has 0 N–H and O–H groups in total. The number of carbonyl (C=O) groups is 1. The van der Waals surface area contributed by atoms with Crippen LogP contribution in [0.15, 0.2) is 30.3 Å². The van der Waals surface area contributed by atoms with Crippen LogP contribution >= 0.6 is 0 Å². The van der Waals surface area contributed by atoms with Crippen molar-refractivity contribution in [3.8, 4) is 5.75 Å². The number of rotatable bonds is 4. The number of ketones is 1. The predicted molar refractivity (Wildman–Crippen MR) is 63.5 cm³/mol. The van der Waals surface area contributed by atoms with Gasteiger partial charge in [-0.3, -0.25) is 4.79 Å². The summed E-state index contributed by atoms with van der Waals surface area (Å²) in [6.07, 6.45) is 4.72. The highest BCUT2D eigenvalue weighted by atomic mass is 16.5. The Morgan fingerprint density at radius 1 is 1.12 bits per heavy atom. The molecule has 0 amide bonds. The molecule has 1 aliphatic carbocycles. The summed E-state index contributed by atoms with van der Waals surface area (Å²) < 4.78 is 5.65. The van der Waals surface area contributed by atoms with Crippen LogP contribution in [0.2, 0.25) is 0 Å². The van der Waals surface area contributed by atoms with Crippen LogP contribution in [0, 0.1) is 5.92 Å². The van der Waals surface area contributed by atoms with Crippen molar-refractivity contribution in [3.63, 3.8) is 0 Å². The highest BCUT2D eigenvalue weighted by Gasteiger charge is 2.18. The molecule has 0 aliphatic heterocycles. The van der Waals surface area contributed by atoms with E-state index in [9.17, 15) is 4.79 Å². The van der Waals surface area contributed by atoms with Gasteiger partial charge in [-0.15, -0.1) is 0 Å². The quantitative estimate of drug-likeness (QED) is 0.775. The molecular weight excluding hydrogens is 200 g/mol. The third kappa shape index (κ3) is 3.37. The summed E-state index contributed by atoms with van der Waals surface area (Å²) in [6, 6.07) is 9.90. The topological polar surface area (TPSA) is 26.3 Å². The molecular formula is C14H18O2. The standard InChI is InChI=1S/C14H18O2/c15-13-8-6-12(7-9-13)10-11-16-14-4-2-1-3-5-14/h1-5,12H,6-11H2. The monoisotopic (exact) mass is 218 g/mol. The molecule has 1 saturated carbocycles. The lowest BCUT2D eigenvalue weighted by molar-refractivity contribution is -0.121. The van der Waals surface area contributed by atoms with Gasteiger partial charge in [0.05, 0.1) is 6.61 Å². The van der Waals surface area contributed by atoms with Crippen molar-refractivity contribution < 1.29 is 9.53 Å². The molecule has 2 rings (SSSR count). The molecule has 0 radical (unpaired) electrons. The Morgan fingerprint density at radius 3 is 2.50 bits per heavy atom. The minimum atomic E-state index is 0.431. The fraction of sp³-hybridized carbons (Fsp3) is 0.500. The fourth-order valence-corrected chi connectivity index (χ4v) is 2.15. The number of ether oxygens (including phenoxy) is 1. The third-order valence-corrected chi connectivity index (χ3v) is 3.20. The van der Waals surface area contributed by atoms with Crippen LogP contribution in [0.4, 0.5) is 0 Å². The van der Waals surface area contributed by atoms with E-state index in [4.69, 9.17) is 4.74 Å². The summed E-state index contributed by atoms with van der Waals surface area (Å²) in [5.74, 6) is 2.05. The van der Waals surface area contributed by atoms with Crippen molar-refractivity contribution >= 4 is 5.78 Å². The second-order valence-corrected chi connectivity index (χ2v) is 4.43. The average Bonchev–Trinajstić information content (AvgIpc) is 2.33. The number of Topliss-reactive ketones (excluding diaryl/α,β-unsaturated/α-hetero) is 1. The van der Waals surface area contributed by atoms with E-state index in [2.05, 4.69) is 0 Å².